The average molecular weight is 519 g/mol. The number of carbonyl (C=O) groups is 1. The highest BCUT2D eigenvalue weighted by molar-refractivity contribution is 6.35. The van der Waals surface area contributed by atoms with E-state index in [0.717, 1.165) is 28.1 Å². The molecule has 0 radical (unpaired) electrons. The second kappa shape index (κ2) is 9.89. The van der Waals surface area contributed by atoms with Crippen LogP contribution in [0.4, 0.5) is 5.69 Å². The number of ether oxygens (including phenoxy) is 1. The van der Waals surface area contributed by atoms with E-state index in [-0.39, 0.29) is 5.91 Å². The number of benzene rings is 3. The summed E-state index contributed by atoms with van der Waals surface area (Å²) >= 11 is 12.1. The first-order valence-electron chi connectivity index (χ1n) is 11.0. The Labute approximate surface area is 216 Å². The van der Waals surface area contributed by atoms with Crippen LogP contribution in [0.2, 0.25) is 10.0 Å². The number of rotatable bonds is 6. The Balaban J connectivity index is 1.31. The first kappa shape index (κ1) is 23.7. The predicted molar refractivity (Wildman–Crippen MR) is 142 cm³/mol. The van der Waals surface area contributed by atoms with Crippen LogP contribution >= 0.6 is 23.2 Å². The van der Waals surface area contributed by atoms with Crippen LogP contribution in [0.1, 0.15) is 11.3 Å². The summed E-state index contributed by atoms with van der Waals surface area (Å²) in [5, 5.41) is 13.0. The molecular formula is C27H20Cl2N4O3. The van der Waals surface area contributed by atoms with Gasteiger partial charge in [0.2, 0.25) is 5.91 Å². The summed E-state index contributed by atoms with van der Waals surface area (Å²) in [5.74, 6) is 1.57. The lowest BCUT2D eigenvalue weighted by Gasteiger charge is -2.05. The molecule has 180 valence electrons. The van der Waals surface area contributed by atoms with E-state index in [4.69, 9.17) is 32.4 Å². The molecule has 0 spiro atoms. The van der Waals surface area contributed by atoms with E-state index >= 15 is 0 Å². The molecule has 2 heterocycles. The van der Waals surface area contributed by atoms with Gasteiger partial charge >= 0.3 is 0 Å². The standard InChI is InChI=1S/C27H20Cl2N4O3/c1-16-11-24-25(32-33(31-24)20-3-5-21(35-2)6-4-20)15-23(16)30-27(34)10-8-22-7-9-26(36-22)17-12-18(28)14-19(29)13-17/h3-15H,1-2H3,(H,30,34)/b10-8+. The van der Waals surface area contributed by atoms with Gasteiger partial charge in [0.25, 0.3) is 0 Å². The van der Waals surface area contributed by atoms with Crippen molar-refractivity contribution in [3.8, 4) is 22.8 Å². The van der Waals surface area contributed by atoms with Gasteiger partial charge in [-0.2, -0.15) is 4.80 Å². The largest absolute Gasteiger partial charge is 0.497 e. The molecule has 2 aromatic heterocycles. The van der Waals surface area contributed by atoms with E-state index in [1.54, 1.807) is 54.4 Å². The number of aromatic nitrogens is 3. The number of nitrogens with one attached hydrogen (secondary N) is 1. The highest BCUT2D eigenvalue weighted by atomic mass is 35.5. The molecule has 0 atom stereocenters. The molecule has 7 nitrogen and oxygen atoms in total. The number of hydrogen-bond donors (Lipinski definition) is 1. The third kappa shape index (κ3) is 5.12. The zero-order chi connectivity index (χ0) is 25.2. The highest BCUT2D eigenvalue weighted by Crippen LogP contribution is 2.29. The van der Waals surface area contributed by atoms with Gasteiger partial charge in [0.05, 0.1) is 12.8 Å². The van der Waals surface area contributed by atoms with Gasteiger partial charge in [0.1, 0.15) is 28.3 Å². The van der Waals surface area contributed by atoms with Gasteiger partial charge in [0, 0.05) is 27.4 Å². The molecular weight excluding hydrogens is 499 g/mol. The number of nitrogens with zero attached hydrogens (tertiary/aromatic N) is 3. The maximum atomic E-state index is 12.6. The van der Waals surface area contributed by atoms with Crippen molar-refractivity contribution in [3.05, 3.63) is 94.2 Å². The van der Waals surface area contributed by atoms with Crippen LogP contribution in [0.3, 0.4) is 0 Å². The number of methoxy groups -OCH3 is 1. The quantitative estimate of drug-likeness (QED) is 0.246. The van der Waals surface area contributed by atoms with E-state index in [1.165, 1.54) is 6.08 Å². The normalized spacial score (nSPS) is 11.3. The van der Waals surface area contributed by atoms with Crippen LogP contribution in [-0.4, -0.2) is 28.0 Å². The number of hydrogen-bond acceptors (Lipinski definition) is 5. The second-order valence-electron chi connectivity index (χ2n) is 8.03. The van der Waals surface area contributed by atoms with E-state index in [1.807, 2.05) is 37.3 Å². The van der Waals surface area contributed by atoms with Gasteiger partial charge in [-0.05, 0) is 85.3 Å². The number of aryl methyl sites for hydroxylation is 1. The zero-order valence-electron chi connectivity index (χ0n) is 19.3. The molecule has 3 aromatic carbocycles. The van der Waals surface area contributed by atoms with E-state index in [2.05, 4.69) is 15.5 Å². The van der Waals surface area contributed by atoms with Crippen molar-refractivity contribution in [2.24, 2.45) is 0 Å². The zero-order valence-corrected chi connectivity index (χ0v) is 20.8. The first-order valence-corrected chi connectivity index (χ1v) is 11.7. The number of furan rings is 1. The van der Waals surface area contributed by atoms with Crippen LogP contribution in [0.5, 0.6) is 5.75 Å². The Kier molecular flexibility index (Phi) is 6.50. The summed E-state index contributed by atoms with van der Waals surface area (Å²) in [5.41, 5.74) is 4.45. The van der Waals surface area contributed by atoms with Crippen molar-refractivity contribution >= 4 is 51.9 Å². The average Bonchev–Trinajstić information content (AvgIpc) is 3.49. The Hall–Kier alpha value is -4.07. The van der Waals surface area contributed by atoms with Crippen molar-refractivity contribution in [1.82, 2.24) is 15.0 Å². The summed E-state index contributed by atoms with van der Waals surface area (Å²) in [6, 6.07) is 19.9. The van der Waals surface area contributed by atoms with Gasteiger partial charge in [0.15, 0.2) is 0 Å². The molecule has 0 aliphatic carbocycles. The van der Waals surface area contributed by atoms with E-state index in [9.17, 15) is 4.79 Å². The fraction of sp³-hybridized carbons (Fsp3) is 0.0741. The number of fused-ring (bicyclic) bond motifs is 1. The van der Waals surface area contributed by atoms with Crippen molar-refractivity contribution in [2.75, 3.05) is 12.4 Å². The van der Waals surface area contributed by atoms with Gasteiger partial charge < -0.3 is 14.5 Å². The summed E-state index contributed by atoms with van der Waals surface area (Å²) in [6.07, 6.45) is 3.00. The minimum Gasteiger partial charge on any atom is -0.497 e. The Bertz CT molecular complexity index is 1580. The second-order valence-corrected chi connectivity index (χ2v) is 8.90. The molecule has 0 saturated carbocycles. The monoisotopic (exact) mass is 518 g/mol. The molecule has 0 aliphatic heterocycles. The molecule has 5 aromatic rings. The molecule has 0 bridgehead atoms. The fourth-order valence-corrected chi connectivity index (χ4v) is 4.19. The van der Waals surface area contributed by atoms with Crippen LogP contribution in [0.15, 0.2) is 77.2 Å². The predicted octanol–water partition coefficient (Wildman–Crippen LogP) is 6.96. The lowest BCUT2D eigenvalue weighted by atomic mass is 10.1. The maximum Gasteiger partial charge on any atom is 0.248 e. The number of halogens is 2. The van der Waals surface area contributed by atoms with Crippen LogP contribution in [0, 0.1) is 6.92 Å². The topological polar surface area (TPSA) is 82.2 Å². The third-order valence-corrected chi connectivity index (χ3v) is 5.90. The van der Waals surface area contributed by atoms with Gasteiger partial charge in [-0.25, -0.2) is 0 Å². The molecule has 0 unspecified atom stereocenters. The summed E-state index contributed by atoms with van der Waals surface area (Å²) < 4.78 is 11.0. The fourth-order valence-electron chi connectivity index (χ4n) is 3.66. The van der Waals surface area contributed by atoms with Gasteiger partial charge in [-0.3, -0.25) is 4.79 Å². The number of amides is 1. The molecule has 9 heteroatoms. The molecule has 5 rings (SSSR count). The SMILES string of the molecule is COc1ccc(-n2nc3cc(C)c(NC(=O)/C=C/c4ccc(-c5cc(Cl)cc(Cl)c5)o4)cc3n2)cc1. The van der Waals surface area contributed by atoms with E-state index in [0.29, 0.717) is 32.8 Å². The van der Waals surface area contributed by atoms with Crippen molar-refractivity contribution in [1.29, 1.82) is 0 Å². The Morgan fingerprint density at radius 3 is 2.36 bits per heavy atom. The smallest absolute Gasteiger partial charge is 0.248 e. The summed E-state index contributed by atoms with van der Waals surface area (Å²) in [7, 11) is 1.62. The number of anilines is 1. The highest BCUT2D eigenvalue weighted by Gasteiger charge is 2.11. The van der Waals surface area contributed by atoms with Crippen molar-refractivity contribution < 1.29 is 13.9 Å². The Morgan fingerprint density at radius 1 is 0.972 bits per heavy atom. The van der Waals surface area contributed by atoms with E-state index < -0.39 is 0 Å². The third-order valence-electron chi connectivity index (χ3n) is 5.46. The van der Waals surface area contributed by atoms with Gasteiger partial charge in [-0.1, -0.05) is 23.2 Å². The van der Waals surface area contributed by atoms with Gasteiger partial charge in [-0.15, -0.1) is 10.2 Å². The van der Waals surface area contributed by atoms with Crippen LogP contribution in [-0.2, 0) is 4.79 Å². The maximum absolute atomic E-state index is 12.6. The lowest BCUT2D eigenvalue weighted by molar-refractivity contribution is -0.111. The minimum atomic E-state index is -0.302. The molecule has 0 fully saturated rings. The summed E-state index contributed by atoms with van der Waals surface area (Å²) in [4.78, 5) is 14.2. The number of carbonyl (C=O) groups excluding carboxylic acids is 1. The lowest BCUT2D eigenvalue weighted by Crippen LogP contribution is -2.08. The molecule has 1 amide bonds. The molecule has 0 saturated heterocycles. The Morgan fingerprint density at radius 2 is 1.67 bits per heavy atom. The molecule has 0 aliphatic rings. The van der Waals surface area contributed by atoms with Crippen LogP contribution in [0.25, 0.3) is 34.1 Å². The summed E-state index contributed by atoms with van der Waals surface area (Å²) in [6.45, 7) is 1.90. The van der Waals surface area contributed by atoms with Crippen molar-refractivity contribution in [3.63, 3.8) is 0 Å². The molecule has 36 heavy (non-hydrogen) atoms. The van der Waals surface area contributed by atoms with Crippen molar-refractivity contribution in [2.45, 2.75) is 6.92 Å². The first-order chi connectivity index (χ1) is 17.4. The molecule has 1 N–H and O–H groups in total. The van der Waals surface area contributed by atoms with Crippen LogP contribution < -0.4 is 10.1 Å². The minimum absolute atomic E-state index is 0.302.